The lowest BCUT2D eigenvalue weighted by atomic mass is 10.2. The Kier molecular flexibility index (Phi) is 29.1. The molecule has 2 rings (SSSR count). The molecule has 0 aliphatic carbocycles. The lowest BCUT2D eigenvalue weighted by Gasteiger charge is -2.34. The van der Waals surface area contributed by atoms with Crippen molar-refractivity contribution in [2.75, 3.05) is 52.9 Å². The van der Waals surface area contributed by atoms with Gasteiger partial charge >= 0.3 is 13.0 Å². The van der Waals surface area contributed by atoms with Gasteiger partial charge in [-0.25, -0.2) is 4.52 Å². The van der Waals surface area contributed by atoms with Crippen LogP contribution in [0.4, 0.5) is 0 Å². The van der Waals surface area contributed by atoms with Crippen molar-refractivity contribution in [1.29, 1.82) is 0 Å². The van der Waals surface area contributed by atoms with Gasteiger partial charge in [0.2, 0.25) is 0 Å². The fourth-order valence-electron chi connectivity index (χ4n) is 3.78. The summed E-state index contributed by atoms with van der Waals surface area (Å²) >= 11 is 9.88. The van der Waals surface area contributed by atoms with Crippen LogP contribution in [0.2, 0.25) is 0 Å². The molecule has 2 aliphatic rings. The van der Waals surface area contributed by atoms with Crippen LogP contribution in [0.3, 0.4) is 0 Å². The highest BCUT2D eigenvalue weighted by molar-refractivity contribution is 7.32. The first-order valence-corrected chi connectivity index (χ1v) is 17.2. The molecule has 2 saturated heterocycles. The third-order valence-corrected chi connectivity index (χ3v) is 7.72. The summed E-state index contributed by atoms with van der Waals surface area (Å²) in [6.07, 6.45) is 16.6. The van der Waals surface area contributed by atoms with Crippen molar-refractivity contribution >= 4 is 39.7 Å². The third kappa shape index (κ3) is 31.2. The molecule has 0 aromatic heterocycles. The van der Waals surface area contributed by atoms with Crippen molar-refractivity contribution in [3.05, 3.63) is 0 Å². The predicted molar refractivity (Wildman–Crippen MR) is 156 cm³/mol. The summed E-state index contributed by atoms with van der Waals surface area (Å²) in [6.45, 7) is 16.0. The summed E-state index contributed by atoms with van der Waals surface area (Å²) in [6, 6.07) is 0. The summed E-state index contributed by atoms with van der Waals surface area (Å²) in [5.41, 5.74) is 0. The number of halogens is 2. The maximum absolute atomic E-state index is 9.92. The van der Waals surface area contributed by atoms with E-state index in [0.717, 1.165) is 0 Å². The molecule has 226 valence electrons. The van der Waals surface area contributed by atoms with Gasteiger partial charge in [-0.1, -0.05) is 52.9 Å². The topological polar surface area (TPSA) is 120 Å². The van der Waals surface area contributed by atoms with E-state index in [-0.39, 0.29) is 0 Å². The Morgan fingerprint density at radius 3 is 1.32 bits per heavy atom. The monoisotopic (exact) mass is 613 g/mol. The van der Waals surface area contributed by atoms with Crippen LogP contribution in [-0.2, 0) is 18.2 Å². The third-order valence-electron chi connectivity index (χ3n) is 5.98. The molecule has 13 heteroatoms. The van der Waals surface area contributed by atoms with Crippen LogP contribution in [0.1, 0.15) is 97.8 Å². The van der Waals surface area contributed by atoms with E-state index in [1.807, 2.05) is 0 Å². The second-order valence-electron chi connectivity index (χ2n) is 9.66. The molecule has 2 aliphatic heterocycles. The van der Waals surface area contributed by atoms with Gasteiger partial charge in [-0.05, 0) is 94.3 Å². The van der Waals surface area contributed by atoms with Crippen LogP contribution >= 0.6 is 39.7 Å². The Balaban J connectivity index is 0. The first-order chi connectivity index (χ1) is 17.5. The Labute approximate surface area is 237 Å². The summed E-state index contributed by atoms with van der Waals surface area (Å²) in [5.74, 6) is 0. The molecule has 0 bridgehead atoms. The van der Waals surface area contributed by atoms with E-state index in [1.54, 1.807) is 0 Å². The zero-order chi connectivity index (χ0) is 28.4. The van der Waals surface area contributed by atoms with Gasteiger partial charge in [0.25, 0.3) is 0 Å². The summed E-state index contributed by atoms with van der Waals surface area (Å²) in [5, 5.41) is 6.57. The zero-order valence-electron chi connectivity index (χ0n) is 23.6. The van der Waals surface area contributed by atoms with Crippen LogP contribution in [0.25, 0.3) is 0 Å². The standard InChI is InChI=1S/C13H30N.2C5H11N.CH4Cl2O6P2/c1-5-8-11-14(4,12-9-6-2)13-10-7-3;2*1-2-4-6-5-3-1;2-1(3,8-10(4)5)9-11(6)7/h5-13H2,1-4H3;2*6H,1-5H2;10-11H,(H,4,5)(H,6,7)/q+1;;;/p-1. The molecule has 0 amide bonds. The first-order valence-electron chi connectivity index (χ1n) is 14.0. The lowest BCUT2D eigenvalue weighted by Crippen LogP contribution is -2.46. The lowest BCUT2D eigenvalue weighted by molar-refractivity contribution is -0.910. The second-order valence-corrected chi connectivity index (χ2v) is 12.3. The highest BCUT2D eigenvalue weighted by Gasteiger charge is 2.28. The number of piperidine rings is 2. The van der Waals surface area contributed by atoms with Gasteiger partial charge in [-0.3, -0.25) is 9.09 Å². The molecule has 2 atom stereocenters. The Bertz CT molecular complexity index is 484. The number of unbranched alkanes of at least 4 members (excludes halogenated alkanes) is 3. The van der Waals surface area contributed by atoms with Crippen LogP contribution < -0.4 is 15.5 Å². The summed E-state index contributed by atoms with van der Waals surface area (Å²) in [7, 11) is -4.65. The van der Waals surface area contributed by atoms with E-state index in [1.165, 1.54) is 127 Å². The average Bonchev–Trinajstić information content (AvgIpc) is 2.87. The second kappa shape index (κ2) is 27.0. The zero-order valence-corrected chi connectivity index (χ0v) is 27.1. The van der Waals surface area contributed by atoms with E-state index in [0.29, 0.717) is 0 Å². The molecule has 0 spiro atoms. The molecule has 0 aromatic carbocycles. The SMILES string of the molecule is C1CCNCC1.C1CCNCC1.CCCC[N+](C)(CCCC)CCCC.O=[PH]([O-])OC(Cl)(Cl)O[PH](=O)O. The molecule has 3 N–H and O–H groups in total. The van der Waals surface area contributed by atoms with E-state index >= 15 is 0 Å². The molecule has 2 heterocycles. The van der Waals surface area contributed by atoms with Crippen molar-refractivity contribution in [1.82, 2.24) is 10.6 Å². The van der Waals surface area contributed by atoms with Crippen molar-refractivity contribution in [3.8, 4) is 0 Å². The molecule has 37 heavy (non-hydrogen) atoms. The molecule has 2 unspecified atom stereocenters. The summed E-state index contributed by atoms with van der Waals surface area (Å²) in [4.78, 5) is 17.9. The smallest absolute Gasteiger partial charge is 0.343 e. The van der Waals surface area contributed by atoms with Crippen LogP contribution in [0.15, 0.2) is 0 Å². The Morgan fingerprint density at radius 2 is 1.14 bits per heavy atom. The highest BCUT2D eigenvalue weighted by Crippen LogP contribution is 2.38. The minimum atomic E-state index is -3.66. The number of hydrogen-bond donors (Lipinski definition) is 3. The number of nitrogens with zero attached hydrogens (tertiary/aromatic N) is 1. The average molecular weight is 615 g/mol. The van der Waals surface area contributed by atoms with Crippen molar-refractivity contribution in [2.45, 2.75) is 103 Å². The van der Waals surface area contributed by atoms with Crippen LogP contribution in [-0.4, -0.2) is 66.9 Å². The van der Waals surface area contributed by atoms with Gasteiger partial charge < -0.3 is 29.5 Å². The fourth-order valence-corrected chi connectivity index (χ4v) is 5.12. The van der Waals surface area contributed by atoms with Gasteiger partial charge in [0.1, 0.15) is 8.25 Å². The number of alkyl halides is 2. The quantitative estimate of drug-likeness (QED) is 0.106. The van der Waals surface area contributed by atoms with E-state index in [2.05, 4.69) is 47.5 Å². The molecule has 9 nitrogen and oxygen atoms in total. The molecular weight excluding hydrogens is 559 g/mol. The fraction of sp³-hybridized carbons (Fsp3) is 1.00. The minimum absolute atomic E-state index is 1.25. The van der Waals surface area contributed by atoms with E-state index < -0.39 is 21.2 Å². The number of nitrogens with one attached hydrogen (secondary N) is 2. The molecule has 0 radical (unpaired) electrons. The van der Waals surface area contributed by atoms with Crippen molar-refractivity contribution in [3.63, 3.8) is 0 Å². The molecular formula is C24H55Cl2N3O6P2. The predicted octanol–water partition coefficient (Wildman–Crippen LogP) is 5.59. The first kappa shape index (κ1) is 39.9. The number of hydrogen-bond acceptors (Lipinski definition) is 7. The van der Waals surface area contributed by atoms with Gasteiger partial charge in [-0.15, -0.1) is 0 Å². The van der Waals surface area contributed by atoms with Gasteiger partial charge in [0.15, 0.2) is 0 Å². The van der Waals surface area contributed by atoms with E-state index in [9.17, 15) is 14.0 Å². The van der Waals surface area contributed by atoms with Crippen molar-refractivity contribution in [2.24, 2.45) is 0 Å². The van der Waals surface area contributed by atoms with E-state index in [4.69, 9.17) is 28.1 Å². The normalized spacial score (nSPS) is 17.6. The Morgan fingerprint density at radius 1 is 0.784 bits per heavy atom. The summed E-state index contributed by atoms with van der Waals surface area (Å²) < 4.78 is 25.9. The van der Waals surface area contributed by atoms with Gasteiger partial charge in [-0.2, -0.15) is 0 Å². The van der Waals surface area contributed by atoms with Crippen molar-refractivity contribution < 1.29 is 32.4 Å². The molecule has 0 saturated carbocycles. The Hall–Kier alpha value is 0.760. The maximum atomic E-state index is 9.92. The highest BCUT2D eigenvalue weighted by atomic mass is 35.5. The van der Waals surface area contributed by atoms with Gasteiger partial charge in [0, 0.05) is 0 Å². The van der Waals surface area contributed by atoms with Gasteiger partial charge in [0.05, 0.1) is 26.7 Å². The maximum Gasteiger partial charge on any atom is 0.343 e. The molecule has 2 fully saturated rings. The number of rotatable bonds is 13. The molecule has 0 aromatic rings. The minimum Gasteiger partial charge on any atom is -0.781 e. The largest absolute Gasteiger partial charge is 0.781 e. The van der Waals surface area contributed by atoms with Crippen LogP contribution in [0, 0.1) is 0 Å². The van der Waals surface area contributed by atoms with Crippen LogP contribution in [0.5, 0.6) is 0 Å². The number of quaternary nitrogens is 1.